The summed E-state index contributed by atoms with van der Waals surface area (Å²) in [6, 6.07) is 1.98. The fourth-order valence-corrected chi connectivity index (χ4v) is 1.70. The largest absolute Gasteiger partial charge is 0.367 e. The summed E-state index contributed by atoms with van der Waals surface area (Å²) in [5, 5.41) is 12.0. The van der Waals surface area contributed by atoms with Crippen LogP contribution in [0.15, 0.2) is 18.0 Å². The Kier molecular flexibility index (Phi) is 3.66. The first-order valence-corrected chi connectivity index (χ1v) is 6.03. The van der Waals surface area contributed by atoms with Gasteiger partial charge in [-0.2, -0.15) is 5.26 Å². The Hall–Kier alpha value is -2.88. The second-order valence-corrected chi connectivity index (χ2v) is 4.53. The Morgan fingerprint density at radius 1 is 1.60 bits per heavy atom. The highest BCUT2D eigenvalue weighted by atomic mass is 16.1. The van der Waals surface area contributed by atoms with Crippen LogP contribution >= 0.6 is 0 Å². The number of carbonyl (C=O) groups is 1. The first-order valence-electron chi connectivity index (χ1n) is 6.03. The zero-order chi connectivity index (χ0) is 14.7. The van der Waals surface area contributed by atoms with E-state index in [-0.39, 0.29) is 11.6 Å². The van der Waals surface area contributed by atoms with Gasteiger partial charge in [0.15, 0.2) is 5.65 Å². The molecule has 7 heteroatoms. The van der Waals surface area contributed by atoms with Crippen LogP contribution in [0.2, 0.25) is 0 Å². The number of primary amides is 1. The van der Waals surface area contributed by atoms with E-state index in [2.05, 4.69) is 20.3 Å². The summed E-state index contributed by atoms with van der Waals surface area (Å²) in [6.45, 7) is 3.98. The summed E-state index contributed by atoms with van der Waals surface area (Å²) in [4.78, 5) is 22.6. The van der Waals surface area contributed by atoms with E-state index >= 15 is 0 Å². The number of nitrogens with one attached hydrogen (secondary N) is 2. The smallest absolute Gasteiger partial charge is 0.259 e. The monoisotopic (exact) mass is 270 g/mol. The number of nitrogens with two attached hydrogens (primary N) is 1. The van der Waals surface area contributed by atoms with E-state index in [1.165, 1.54) is 6.08 Å². The fourth-order valence-electron chi connectivity index (χ4n) is 1.70. The lowest BCUT2D eigenvalue weighted by Crippen LogP contribution is -2.12. The van der Waals surface area contributed by atoms with Crippen molar-refractivity contribution in [2.75, 3.05) is 5.32 Å². The molecule has 0 aliphatic rings. The van der Waals surface area contributed by atoms with Gasteiger partial charge in [0.25, 0.3) is 5.91 Å². The quantitative estimate of drug-likeness (QED) is 0.569. The highest BCUT2D eigenvalue weighted by Crippen LogP contribution is 2.19. The van der Waals surface area contributed by atoms with Gasteiger partial charge in [-0.15, -0.1) is 0 Å². The molecule has 0 saturated heterocycles. The van der Waals surface area contributed by atoms with Crippen molar-refractivity contribution < 1.29 is 4.79 Å². The second-order valence-electron chi connectivity index (χ2n) is 4.53. The maximum atomic E-state index is 11.1. The Morgan fingerprint density at radius 3 is 2.95 bits per heavy atom. The van der Waals surface area contributed by atoms with Crippen molar-refractivity contribution in [3.8, 4) is 6.07 Å². The summed E-state index contributed by atoms with van der Waals surface area (Å²) >= 11 is 0. The highest BCUT2D eigenvalue weighted by Gasteiger charge is 2.10. The molecule has 0 saturated carbocycles. The van der Waals surface area contributed by atoms with Crippen molar-refractivity contribution in [1.82, 2.24) is 15.0 Å². The maximum Gasteiger partial charge on any atom is 0.259 e. The van der Waals surface area contributed by atoms with Crippen LogP contribution in [0.3, 0.4) is 0 Å². The molecule has 0 spiro atoms. The number of aromatic nitrogens is 3. The third kappa shape index (κ3) is 2.75. The molecule has 0 unspecified atom stereocenters. The number of aromatic amines is 1. The number of hydrogen-bond donors (Lipinski definition) is 3. The van der Waals surface area contributed by atoms with Crippen LogP contribution < -0.4 is 11.1 Å². The van der Waals surface area contributed by atoms with Crippen LogP contribution in [0.5, 0.6) is 0 Å². The predicted octanol–water partition coefficient (Wildman–Crippen LogP) is 1.17. The molecule has 7 nitrogen and oxygen atoms in total. The molecular weight excluding hydrogens is 256 g/mol. The second kappa shape index (κ2) is 5.40. The SMILES string of the molecule is CC(C)Nc1cnc2[nH]cc(/C=C(\C#N)C(N)=O)c2n1. The van der Waals surface area contributed by atoms with Crippen LogP contribution in [0.25, 0.3) is 17.2 Å². The van der Waals surface area contributed by atoms with Crippen molar-refractivity contribution in [2.24, 2.45) is 5.73 Å². The number of H-pyrrole nitrogens is 1. The van der Waals surface area contributed by atoms with Gasteiger partial charge in [-0.3, -0.25) is 4.79 Å². The molecule has 4 N–H and O–H groups in total. The number of carbonyl (C=O) groups excluding carboxylic acids is 1. The number of rotatable bonds is 4. The van der Waals surface area contributed by atoms with Crippen LogP contribution in [-0.4, -0.2) is 26.9 Å². The average molecular weight is 270 g/mol. The Labute approximate surface area is 115 Å². The Balaban J connectivity index is 2.50. The fraction of sp³-hybridized carbons (Fsp3) is 0.231. The maximum absolute atomic E-state index is 11.1. The third-order valence-corrected chi connectivity index (χ3v) is 2.53. The zero-order valence-electron chi connectivity index (χ0n) is 11.1. The van der Waals surface area contributed by atoms with Crippen LogP contribution in [0, 0.1) is 11.3 Å². The third-order valence-electron chi connectivity index (χ3n) is 2.53. The van der Waals surface area contributed by atoms with Crippen molar-refractivity contribution in [3.63, 3.8) is 0 Å². The first-order chi connectivity index (χ1) is 9.51. The number of nitriles is 1. The lowest BCUT2D eigenvalue weighted by atomic mass is 10.2. The zero-order valence-corrected chi connectivity index (χ0v) is 11.1. The normalized spacial score (nSPS) is 11.6. The van der Waals surface area contributed by atoms with Gasteiger partial charge in [-0.25, -0.2) is 9.97 Å². The van der Waals surface area contributed by atoms with E-state index in [0.717, 1.165) is 0 Å². The standard InChI is InChI=1S/C13H14N6O/c1-7(2)18-10-6-17-13-11(19-10)9(5-16-13)3-8(4-14)12(15)20/h3,5-7H,1-2H3,(H2,15,20)(H,16,17)(H,18,19)/b8-3+. The van der Waals surface area contributed by atoms with Gasteiger partial charge in [0.1, 0.15) is 23.0 Å². The molecule has 0 atom stereocenters. The van der Waals surface area contributed by atoms with Crippen molar-refractivity contribution in [2.45, 2.75) is 19.9 Å². The minimum Gasteiger partial charge on any atom is -0.367 e. The molecule has 2 aromatic rings. The predicted molar refractivity (Wildman–Crippen MR) is 75.4 cm³/mol. The van der Waals surface area contributed by atoms with Crippen molar-refractivity contribution >= 4 is 29.0 Å². The van der Waals surface area contributed by atoms with Crippen LogP contribution in [-0.2, 0) is 4.79 Å². The minimum absolute atomic E-state index is 0.130. The molecule has 20 heavy (non-hydrogen) atoms. The van der Waals surface area contributed by atoms with Gasteiger partial charge in [-0.05, 0) is 19.9 Å². The molecule has 1 amide bonds. The van der Waals surface area contributed by atoms with Crippen LogP contribution in [0.4, 0.5) is 5.82 Å². The molecule has 0 radical (unpaired) electrons. The molecule has 0 aromatic carbocycles. The summed E-state index contributed by atoms with van der Waals surface area (Å²) in [6.07, 6.45) is 4.64. The minimum atomic E-state index is -0.772. The van der Waals surface area contributed by atoms with E-state index < -0.39 is 5.91 Å². The molecule has 0 bridgehead atoms. The lowest BCUT2D eigenvalue weighted by molar-refractivity contribution is -0.114. The molecule has 0 aliphatic heterocycles. The van der Waals surface area contributed by atoms with Gasteiger partial charge in [0.2, 0.25) is 0 Å². The van der Waals surface area contributed by atoms with Gasteiger partial charge in [-0.1, -0.05) is 0 Å². The number of hydrogen-bond acceptors (Lipinski definition) is 5. The Morgan fingerprint density at radius 2 is 2.35 bits per heavy atom. The highest BCUT2D eigenvalue weighted by molar-refractivity contribution is 6.02. The summed E-state index contributed by atoms with van der Waals surface area (Å²) < 4.78 is 0. The number of fused-ring (bicyclic) bond motifs is 1. The number of nitrogens with zero attached hydrogens (tertiary/aromatic N) is 3. The lowest BCUT2D eigenvalue weighted by Gasteiger charge is -2.07. The van der Waals surface area contributed by atoms with Gasteiger partial charge in [0, 0.05) is 17.8 Å². The topological polar surface area (TPSA) is 120 Å². The van der Waals surface area contributed by atoms with Crippen molar-refractivity contribution in [3.05, 3.63) is 23.5 Å². The van der Waals surface area contributed by atoms with Gasteiger partial charge < -0.3 is 16.0 Å². The van der Waals surface area contributed by atoms with Gasteiger partial charge >= 0.3 is 0 Å². The summed E-state index contributed by atoms with van der Waals surface area (Å²) in [5.74, 6) is -0.148. The first kappa shape index (κ1) is 13.5. The Bertz CT molecular complexity index is 722. The van der Waals surface area contributed by atoms with Crippen LogP contribution in [0.1, 0.15) is 19.4 Å². The molecule has 2 aromatic heterocycles. The summed E-state index contributed by atoms with van der Waals surface area (Å²) in [7, 11) is 0. The van der Waals surface area contributed by atoms with E-state index in [1.54, 1.807) is 18.5 Å². The molecular formula is C13H14N6O. The molecule has 0 fully saturated rings. The summed E-state index contributed by atoms with van der Waals surface area (Å²) in [5.41, 5.74) is 6.73. The van der Waals surface area contributed by atoms with E-state index in [0.29, 0.717) is 22.5 Å². The number of amides is 1. The molecule has 2 rings (SSSR count). The number of anilines is 1. The molecule has 2 heterocycles. The van der Waals surface area contributed by atoms with E-state index in [1.807, 2.05) is 13.8 Å². The van der Waals surface area contributed by atoms with E-state index in [9.17, 15) is 4.79 Å². The average Bonchev–Trinajstić information content (AvgIpc) is 2.77. The van der Waals surface area contributed by atoms with Crippen molar-refractivity contribution in [1.29, 1.82) is 5.26 Å². The van der Waals surface area contributed by atoms with E-state index in [4.69, 9.17) is 11.0 Å². The molecule has 0 aliphatic carbocycles. The van der Waals surface area contributed by atoms with Gasteiger partial charge in [0.05, 0.1) is 6.20 Å². The molecule has 102 valence electrons.